The molecule has 9 heteroatoms. The number of anilines is 1. The highest BCUT2D eigenvalue weighted by Crippen LogP contribution is 2.26. The summed E-state index contributed by atoms with van der Waals surface area (Å²) >= 11 is 7.77. The minimum absolute atomic E-state index is 0.215. The molecule has 4 rings (SSSR count). The molecule has 2 aromatic carbocycles. The number of nitrogens with one attached hydrogen (secondary N) is 1. The maximum Gasteiger partial charge on any atom is 0.254 e. The van der Waals surface area contributed by atoms with Crippen LogP contribution in [-0.4, -0.2) is 65.3 Å². The van der Waals surface area contributed by atoms with Crippen LogP contribution in [0.4, 0.5) is 5.69 Å². The van der Waals surface area contributed by atoms with E-state index >= 15 is 0 Å². The topological polar surface area (TPSA) is 93.1 Å². The van der Waals surface area contributed by atoms with Crippen LogP contribution in [0.2, 0.25) is 5.02 Å². The summed E-state index contributed by atoms with van der Waals surface area (Å²) in [6, 6.07) is 19.5. The first kappa shape index (κ1) is 25.2. The minimum atomic E-state index is -1.85. The maximum absolute atomic E-state index is 12.7. The van der Waals surface area contributed by atoms with Crippen LogP contribution in [0, 0.1) is 0 Å². The van der Waals surface area contributed by atoms with Gasteiger partial charge in [0, 0.05) is 31.1 Å². The molecular formula is C26H28ClN3O4S. The van der Waals surface area contributed by atoms with Crippen molar-refractivity contribution in [1.29, 1.82) is 0 Å². The van der Waals surface area contributed by atoms with Gasteiger partial charge in [-0.3, -0.25) is 9.59 Å². The van der Waals surface area contributed by atoms with Crippen molar-refractivity contribution in [1.82, 2.24) is 10.2 Å². The van der Waals surface area contributed by atoms with E-state index in [0.717, 1.165) is 28.1 Å². The van der Waals surface area contributed by atoms with Crippen LogP contribution >= 0.6 is 22.9 Å². The number of rotatable bonds is 8. The van der Waals surface area contributed by atoms with Crippen LogP contribution in [0.3, 0.4) is 0 Å². The second-order valence-corrected chi connectivity index (χ2v) is 9.81. The number of carbonyl (C=O) groups excluding carboxylic acids is 2. The highest BCUT2D eigenvalue weighted by molar-refractivity contribution is 7.10. The number of nitrogens with zero attached hydrogens (tertiary/aromatic N) is 2. The molecule has 2 atom stereocenters. The zero-order chi connectivity index (χ0) is 24.8. The van der Waals surface area contributed by atoms with E-state index in [1.165, 1.54) is 16.2 Å². The van der Waals surface area contributed by atoms with Gasteiger partial charge in [0.1, 0.15) is 0 Å². The molecule has 2 heterocycles. The third-order valence-corrected chi connectivity index (χ3v) is 7.39. The third-order valence-electron chi connectivity index (χ3n) is 6.10. The van der Waals surface area contributed by atoms with Gasteiger partial charge in [0.2, 0.25) is 0 Å². The molecule has 3 aromatic rings. The first-order valence-corrected chi connectivity index (χ1v) is 12.7. The van der Waals surface area contributed by atoms with Crippen molar-refractivity contribution in [2.75, 3.05) is 31.1 Å². The molecule has 7 nitrogen and oxygen atoms in total. The van der Waals surface area contributed by atoms with Gasteiger partial charge in [-0.25, -0.2) is 0 Å². The van der Waals surface area contributed by atoms with E-state index in [0.29, 0.717) is 31.2 Å². The standard InChI is InChI=1S/C26H28ClN3O4S/c27-20-8-4-5-9-21(20)29-11-13-30(14-12-29)26(34)24(32)23(31)25(33)28-17-22-19(10-15-35-22)16-18-6-2-1-3-7-18/h1-10,15,23-24,31-32H,11-14,16-17H2,(H,28,33)/t23-,24-/m1/s1. The van der Waals surface area contributed by atoms with Gasteiger partial charge in [0.05, 0.1) is 17.3 Å². The van der Waals surface area contributed by atoms with Gasteiger partial charge in [-0.1, -0.05) is 54.1 Å². The van der Waals surface area contributed by atoms with Gasteiger partial charge >= 0.3 is 0 Å². The number of aliphatic hydroxyl groups excluding tert-OH is 2. The van der Waals surface area contributed by atoms with Crippen molar-refractivity contribution in [2.24, 2.45) is 0 Å². The number of amides is 2. The van der Waals surface area contributed by atoms with Crippen LogP contribution < -0.4 is 10.2 Å². The van der Waals surface area contributed by atoms with Crippen molar-refractivity contribution in [3.8, 4) is 0 Å². The first-order chi connectivity index (χ1) is 16.9. The van der Waals surface area contributed by atoms with Gasteiger partial charge in [-0.05, 0) is 41.1 Å². The number of hydrogen-bond acceptors (Lipinski definition) is 6. The van der Waals surface area contributed by atoms with Gasteiger partial charge in [0.25, 0.3) is 11.8 Å². The molecule has 0 saturated carbocycles. The monoisotopic (exact) mass is 513 g/mol. The summed E-state index contributed by atoms with van der Waals surface area (Å²) in [5.74, 6) is -1.44. The lowest BCUT2D eigenvalue weighted by molar-refractivity contribution is -0.153. The molecular weight excluding hydrogens is 486 g/mol. The van der Waals surface area contributed by atoms with Crippen LogP contribution in [-0.2, 0) is 22.6 Å². The van der Waals surface area contributed by atoms with Crippen molar-refractivity contribution >= 4 is 40.4 Å². The van der Waals surface area contributed by atoms with E-state index in [9.17, 15) is 19.8 Å². The molecule has 0 unspecified atom stereocenters. The van der Waals surface area contributed by atoms with E-state index in [1.807, 2.05) is 66.0 Å². The second-order valence-electron chi connectivity index (χ2n) is 8.40. The quantitative estimate of drug-likeness (QED) is 0.430. The molecule has 3 N–H and O–H groups in total. The third kappa shape index (κ3) is 6.21. The van der Waals surface area contributed by atoms with Gasteiger partial charge in [-0.2, -0.15) is 0 Å². The number of aliphatic hydroxyl groups is 2. The number of piperazine rings is 1. The molecule has 1 aromatic heterocycles. The lowest BCUT2D eigenvalue weighted by Gasteiger charge is -2.37. The zero-order valence-corrected chi connectivity index (χ0v) is 20.7. The van der Waals surface area contributed by atoms with E-state index in [4.69, 9.17) is 11.6 Å². The Hall–Kier alpha value is -2.91. The molecule has 1 saturated heterocycles. The predicted octanol–water partition coefficient (Wildman–Crippen LogP) is 2.68. The Labute approximate surface area is 213 Å². The number of benzene rings is 2. The van der Waals surface area contributed by atoms with Crippen LogP contribution in [0.25, 0.3) is 0 Å². The fourth-order valence-electron chi connectivity index (χ4n) is 4.11. The van der Waals surface area contributed by atoms with E-state index in [2.05, 4.69) is 10.2 Å². The van der Waals surface area contributed by atoms with Gasteiger partial charge in [-0.15, -0.1) is 11.3 Å². The van der Waals surface area contributed by atoms with E-state index < -0.39 is 24.0 Å². The van der Waals surface area contributed by atoms with Crippen LogP contribution in [0.15, 0.2) is 66.0 Å². The summed E-state index contributed by atoms with van der Waals surface area (Å²) in [6.45, 7) is 1.99. The number of para-hydroxylation sites is 1. The van der Waals surface area contributed by atoms with Crippen molar-refractivity contribution in [2.45, 2.75) is 25.2 Å². The summed E-state index contributed by atoms with van der Waals surface area (Å²) in [5.41, 5.74) is 3.14. The molecule has 35 heavy (non-hydrogen) atoms. The maximum atomic E-state index is 12.7. The molecule has 1 aliphatic heterocycles. The fourth-order valence-corrected chi connectivity index (χ4v) is 5.21. The average molecular weight is 514 g/mol. The van der Waals surface area contributed by atoms with Crippen LogP contribution in [0.1, 0.15) is 16.0 Å². The van der Waals surface area contributed by atoms with Gasteiger partial charge in [0.15, 0.2) is 12.2 Å². The summed E-state index contributed by atoms with van der Waals surface area (Å²) in [4.78, 5) is 29.7. The van der Waals surface area contributed by atoms with Crippen molar-refractivity contribution in [3.05, 3.63) is 87.1 Å². The molecule has 184 valence electrons. The summed E-state index contributed by atoms with van der Waals surface area (Å²) in [5, 5.41) is 26.0. The molecule has 0 radical (unpaired) electrons. The van der Waals surface area contributed by atoms with E-state index in [1.54, 1.807) is 0 Å². The lowest BCUT2D eigenvalue weighted by Crippen LogP contribution is -2.55. The largest absolute Gasteiger partial charge is 0.380 e. The summed E-state index contributed by atoms with van der Waals surface area (Å²) in [7, 11) is 0. The normalized spacial score (nSPS) is 15.5. The molecule has 2 amide bonds. The van der Waals surface area contributed by atoms with Crippen molar-refractivity contribution < 1.29 is 19.8 Å². The summed E-state index contributed by atoms with van der Waals surface area (Å²) < 4.78 is 0. The first-order valence-electron chi connectivity index (χ1n) is 11.5. The smallest absolute Gasteiger partial charge is 0.254 e. The number of halogens is 1. The Balaban J connectivity index is 1.27. The van der Waals surface area contributed by atoms with Crippen molar-refractivity contribution in [3.63, 3.8) is 0 Å². The highest BCUT2D eigenvalue weighted by Gasteiger charge is 2.34. The fraction of sp³-hybridized carbons (Fsp3) is 0.308. The molecule has 0 aliphatic carbocycles. The Bertz CT molecular complexity index is 1150. The zero-order valence-electron chi connectivity index (χ0n) is 19.1. The molecule has 1 fully saturated rings. The Kier molecular flexibility index (Phi) is 8.41. The molecule has 0 spiro atoms. The molecule has 1 aliphatic rings. The summed E-state index contributed by atoms with van der Waals surface area (Å²) in [6.07, 6.45) is -2.94. The lowest BCUT2D eigenvalue weighted by atomic mass is 10.1. The van der Waals surface area contributed by atoms with E-state index in [-0.39, 0.29) is 6.54 Å². The second kappa shape index (κ2) is 11.7. The van der Waals surface area contributed by atoms with Crippen LogP contribution in [0.5, 0.6) is 0 Å². The Morgan fingerprint density at radius 3 is 2.34 bits per heavy atom. The molecule has 0 bridgehead atoms. The van der Waals surface area contributed by atoms with Gasteiger partial charge < -0.3 is 25.3 Å². The number of carbonyl (C=O) groups is 2. The average Bonchev–Trinajstić information content (AvgIpc) is 3.33. The predicted molar refractivity (Wildman–Crippen MR) is 138 cm³/mol. The number of thiophene rings is 1. The minimum Gasteiger partial charge on any atom is -0.380 e. The highest BCUT2D eigenvalue weighted by atomic mass is 35.5. The SMILES string of the molecule is O=C(NCc1sccc1Cc1ccccc1)[C@H](O)[C@@H](O)C(=O)N1CCN(c2ccccc2Cl)CC1. The number of hydrogen-bond donors (Lipinski definition) is 3. The Morgan fingerprint density at radius 2 is 1.63 bits per heavy atom. The Morgan fingerprint density at radius 1 is 0.943 bits per heavy atom.